The average molecular weight is 797 g/mol. The smallest absolute Gasteiger partial charge is 0.744 e. The van der Waals surface area contributed by atoms with Gasteiger partial charge in [-0.25, -0.2) is 25.3 Å². The standard InChI is InChI=1S/C20H12ClF2N5O11S3.Cu.3Na/c21-14-18(22)25-20(23)26-19(14)24-11-5-9(41(34,35)36)6-12(17(11)30)27-28-15-13(42(37,38)39)4-7-3-8(40(31,32)33)1-2-10(7)16(15)29;;;;/h1-6,29-30H,(H,24,25,26)(H,31,32,33)(H,34,35,36)(H,37,38,39);;;;/q;;3*+1/p-3. The SMILES string of the molecule is O=S(=O)([O-])c1cc(N=Nc2c(S(=O)(=O)[O-])cc3cc(S(=O)(=O)[O-])ccc3c2O)c(O)c(Nc2nc(F)nc(F)c2Cl)c1.[Cu].[Na+].[Na+].[Na+]. The quantitative estimate of drug-likeness (QED) is 0.0392. The molecule has 26 heteroatoms. The number of rotatable bonds is 7. The van der Waals surface area contributed by atoms with E-state index in [0.29, 0.717) is 24.3 Å². The van der Waals surface area contributed by atoms with Gasteiger partial charge in [-0.15, -0.1) is 10.2 Å². The summed E-state index contributed by atoms with van der Waals surface area (Å²) in [4.78, 5) is 2.61. The maximum atomic E-state index is 13.7. The molecule has 16 nitrogen and oxygen atoms in total. The summed E-state index contributed by atoms with van der Waals surface area (Å²) in [6.07, 6.45) is -1.63. The van der Waals surface area contributed by atoms with E-state index in [0.717, 1.165) is 12.1 Å². The third kappa shape index (κ3) is 10.2. The predicted octanol–water partition coefficient (Wildman–Crippen LogP) is -6.15. The van der Waals surface area contributed by atoms with Gasteiger partial charge in [-0.1, -0.05) is 11.6 Å². The minimum Gasteiger partial charge on any atom is -0.744 e. The van der Waals surface area contributed by atoms with Gasteiger partial charge in [0.05, 0.1) is 20.4 Å². The number of fused-ring (bicyclic) bond motifs is 1. The molecule has 1 aromatic heterocycles. The fourth-order valence-corrected chi connectivity index (χ4v) is 5.19. The fourth-order valence-electron chi connectivity index (χ4n) is 3.39. The van der Waals surface area contributed by atoms with Gasteiger partial charge in [0.1, 0.15) is 46.8 Å². The average Bonchev–Trinajstić information content (AvgIpc) is 2.86. The molecule has 4 aromatic rings. The van der Waals surface area contributed by atoms with Gasteiger partial charge in [0.25, 0.3) is 0 Å². The molecule has 0 fully saturated rings. The van der Waals surface area contributed by atoms with E-state index in [1.165, 1.54) is 0 Å². The Morgan fingerprint density at radius 3 is 1.91 bits per heavy atom. The van der Waals surface area contributed by atoms with Gasteiger partial charge in [0.15, 0.2) is 17.3 Å². The number of benzene rings is 3. The Bertz CT molecular complexity index is 2190. The number of hydrogen-bond acceptors (Lipinski definition) is 16. The zero-order valence-electron chi connectivity index (χ0n) is 23.0. The van der Waals surface area contributed by atoms with Gasteiger partial charge in [-0.2, -0.15) is 18.7 Å². The number of nitrogens with one attached hydrogen (secondary N) is 1. The van der Waals surface area contributed by atoms with E-state index in [1.54, 1.807) is 0 Å². The molecule has 0 unspecified atom stereocenters. The van der Waals surface area contributed by atoms with E-state index in [9.17, 15) is 57.9 Å². The van der Waals surface area contributed by atoms with Gasteiger partial charge in [-0.05, 0) is 41.8 Å². The second-order valence-electron chi connectivity index (χ2n) is 7.93. The van der Waals surface area contributed by atoms with Gasteiger partial charge in [-0.3, -0.25) is 0 Å². The molecule has 0 aliphatic heterocycles. The first-order chi connectivity index (χ1) is 19.3. The van der Waals surface area contributed by atoms with Crippen LogP contribution in [-0.2, 0) is 47.4 Å². The van der Waals surface area contributed by atoms with Crippen LogP contribution in [-0.4, -0.2) is 59.1 Å². The number of azo groups is 1. The van der Waals surface area contributed by atoms with Crippen molar-refractivity contribution in [2.75, 3.05) is 5.32 Å². The van der Waals surface area contributed by atoms with Crippen LogP contribution in [0.25, 0.3) is 10.8 Å². The number of phenols is 2. The second-order valence-corrected chi connectivity index (χ2v) is 12.4. The summed E-state index contributed by atoms with van der Waals surface area (Å²) in [5, 5.41) is 28.5. The number of anilines is 2. The Balaban J connectivity index is 0.00000506. The molecule has 0 amide bonds. The molecule has 3 aromatic carbocycles. The van der Waals surface area contributed by atoms with Gasteiger partial charge in [0, 0.05) is 22.5 Å². The van der Waals surface area contributed by atoms with Crippen molar-refractivity contribution in [3.63, 3.8) is 0 Å². The number of hydrogen-bond donors (Lipinski definition) is 3. The number of aromatic nitrogens is 2. The van der Waals surface area contributed by atoms with Crippen molar-refractivity contribution in [2.45, 2.75) is 14.7 Å². The van der Waals surface area contributed by atoms with Crippen LogP contribution >= 0.6 is 11.6 Å². The molecule has 3 N–H and O–H groups in total. The Labute approximate surface area is 340 Å². The topological polar surface area (TPSA) is 275 Å². The Morgan fingerprint density at radius 1 is 0.783 bits per heavy atom. The van der Waals surface area contributed by atoms with Crippen LogP contribution in [0.3, 0.4) is 0 Å². The van der Waals surface area contributed by atoms with Crippen LogP contribution in [0.2, 0.25) is 5.02 Å². The van der Waals surface area contributed by atoms with Crippen LogP contribution in [0, 0.1) is 12.0 Å². The number of phenolic OH excluding ortho intramolecular Hbond substituents is 2. The van der Waals surface area contributed by atoms with Crippen LogP contribution in [0.1, 0.15) is 0 Å². The molecule has 4 rings (SSSR count). The molecule has 1 radical (unpaired) electrons. The summed E-state index contributed by atoms with van der Waals surface area (Å²) in [5.74, 6) is -4.56. The summed E-state index contributed by atoms with van der Waals surface area (Å²) in [6.45, 7) is 0. The molecule has 0 atom stereocenters. The minimum atomic E-state index is -5.52. The van der Waals surface area contributed by atoms with Gasteiger partial charge in [0.2, 0.25) is 5.95 Å². The third-order valence-electron chi connectivity index (χ3n) is 5.23. The molecule has 0 aliphatic rings. The molecule has 0 spiro atoms. The summed E-state index contributed by atoms with van der Waals surface area (Å²) in [5.41, 5.74) is -2.80. The maximum Gasteiger partial charge on any atom is 1.00 e. The monoisotopic (exact) mass is 796 g/mol. The van der Waals surface area contributed by atoms with Crippen molar-refractivity contribution in [3.8, 4) is 11.5 Å². The first kappa shape index (κ1) is 45.4. The van der Waals surface area contributed by atoms with Crippen molar-refractivity contribution in [1.29, 1.82) is 0 Å². The summed E-state index contributed by atoms with van der Waals surface area (Å²) < 4.78 is 132. The van der Waals surface area contributed by atoms with E-state index in [2.05, 4.69) is 25.5 Å². The Kier molecular flexibility index (Phi) is 16.7. The largest absolute Gasteiger partial charge is 1.00 e. The normalized spacial score (nSPS) is 11.6. The van der Waals surface area contributed by atoms with E-state index in [4.69, 9.17) is 11.6 Å². The molecular formula is C20H9ClCuF2N5Na3O11S3. The third-order valence-corrected chi connectivity index (χ3v) is 8.06. The first-order valence-electron chi connectivity index (χ1n) is 10.4. The number of aromatic hydroxyl groups is 2. The van der Waals surface area contributed by atoms with E-state index in [1.807, 2.05) is 0 Å². The van der Waals surface area contributed by atoms with Crippen molar-refractivity contribution >= 4 is 75.6 Å². The number of nitrogens with zero attached hydrogens (tertiary/aromatic N) is 4. The molecule has 46 heavy (non-hydrogen) atoms. The van der Waals surface area contributed by atoms with E-state index >= 15 is 0 Å². The molecule has 0 bridgehead atoms. The van der Waals surface area contributed by atoms with Crippen LogP contribution in [0.5, 0.6) is 11.5 Å². The van der Waals surface area contributed by atoms with Gasteiger partial charge < -0.3 is 29.2 Å². The molecule has 0 saturated heterocycles. The van der Waals surface area contributed by atoms with Crippen LogP contribution in [0.15, 0.2) is 61.3 Å². The Morgan fingerprint density at radius 2 is 1.37 bits per heavy atom. The fraction of sp³-hybridized carbons (Fsp3) is 0. The summed E-state index contributed by atoms with van der Waals surface area (Å²) >= 11 is 5.64. The number of halogens is 3. The second kappa shape index (κ2) is 16.9. The maximum absolute atomic E-state index is 13.7. The van der Waals surface area contributed by atoms with E-state index in [-0.39, 0.29) is 111 Å². The molecule has 0 aliphatic carbocycles. The zero-order chi connectivity index (χ0) is 31.4. The van der Waals surface area contributed by atoms with Crippen molar-refractivity contribution in [3.05, 3.63) is 53.4 Å². The molecule has 1 heterocycles. The van der Waals surface area contributed by atoms with Crippen LogP contribution in [0.4, 0.5) is 31.7 Å². The van der Waals surface area contributed by atoms with Crippen molar-refractivity contribution < 1.29 is 164 Å². The van der Waals surface area contributed by atoms with E-state index < -0.39 is 102 Å². The summed E-state index contributed by atoms with van der Waals surface area (Å²) in [6, 6.07) is 3.79. The molecule has 233 valence electrons. The Hall–Kier alpha value is -0.601. The molecular weight excluding hydrogens is 788 g/mol. The summed E-state index contributed by atoms with van der Waals surface area (Å²) in [7, 11) is -15.9. The zero-order valence-corrected chi connectivity index (χ0v) is 33.1. The van der Waals surface area contributed by atoms with Gasteiger partial charge >= 0.3 is 94.8 Å². The van der Waals surface area contributed by atoms with Crippen molar-refractivity contribution in [1.82, 2.24) is 9.97 Å². The predicted molar refractivity (Wildman–Crippen MR) is 132 cm³/mol. The van der Waals surface area contributed by atoms with Crippen LogP contribution < -0.4 is 94.0 Å². The minimum absolute atomic E-state index is 0. The van der Waals surface area contributed by atoms with Crippen molar-refractivity contribution in [2.24, 2.45) is 10.2 Å². The first-order valence-corrected chi connectivity index (χ1v) is 15.0. The molecule has 0 saturated carbocycles.